The van der Waals surface area contributed by atoms with Gasteiger partial charge in [-0.1, -0.05) is 29.8 Å². The first-order valence-electron chi connectivity index (χ1n) is 7.62. The second kappa shape index (κ2) is 6.95. The van der Waals surface area contributed by atoms with E-state index < -0.39 is 40.6 Å². The predicted molar refractivity (Wildman–Crippen MR) is 88.5 cm³/mol. The van der Waals surface area contributed by atoms with Gasteiger partial charge >= 0.3 is 12.4 Å². The van der Waals surface area contributed by atoms with Crippen LogP contribution in [0.4, 0.5) is 26.3 Å². The maximum atomic E-state index is 13.2. The number of halogens is 7. The van der Waals surface area contributed by atoms with Gasteiger partial charge in [-0.15, -0.1) is 0 Å². The molecular formula is C18H8ClF6N3. The number of aromatic nitrogens is 2. The highest BCUT2D eigenvalue weighted by Crippen LogP contribution is 2.39. The van der Waals surface area contributed by atoms with Crippen LogP contribution in [-0.2, 0) is 12.4 Å². The molecular weight excluding hydrogens is 408 g/mol. The molecule has 0 N–H and O–H groups in total. The first-order valence-corrected chi connectivity index (χ1v) is 8.00. The number of rotatable bonds is 2. The van der Waals surface area contributed by atoms with E-state index in [2.05, 4.69) is 9.97 Å². The molecule has 0 spiro atoms. The average Bonchev–Trinajstić information content (AvgIpc) is 2.61. The molecule has 0 saturated carbocycles. The summed E-state index contributed by atoms with van der Waals surface area (Å²) in [6.07, 6.45) is -10.1. The number of hydrogen-bond donors (Lipinski definition) is 0. The number of pyridine rings is 2. The molecule has 0 radical (unpaired) electrons. The Kier molecular flexibility index (Phi) is 4.93. The van der Waals surface area contributed by atoms with Crippen molar-refractivity contribution in [2.24, 2.45) is 0 Å². The molecule has 2 aromatic heterocycles. The van der Waals surface area contributed by atoms with E-state index in [-0.39, 0.29) is 16.8 Å². The van der Waals surface area contributed by atoms with Crippen molar-refractivity contribution in [3.8, 4) is 6.07 Å². The lowest BCUT2D eigenvalue weighted by Gasteiger charge is -2.15. The zero-order chi connectivity index (χ0) is 20.7. The third-order valence-electron chi connectivity index (χ3n) is 3.93. The van der Waals surface area contributed by atoms with Crippen LogP contribution in [0.3, 0.4) is 0 Å². The highest BCUT2D eigenvalue weighted by atomic mass is 35.5. The third-order valence-corrected chi connectivity index (χ3v) is 4.28. The van der Waals surface area contributed by atoms with E-state index in [1.165, 1.54) is 12.1 Å². The maximum Gasteiger partial charge on any atom is 0.433 e. The summed E-state index contributed by atoms with van der Waals surface area (Å²) in [6.45, 7) is 0. The van der Waals surface area contributed by atoms with Crippen molar-refractivity contribution in [2.45, 2.75) is 18.3 Å². The third kappa shape index (κ3) is 3.73. The molecule has 0 bridgehead atoms. The zero-order valence-electron chi connectivity index (χ0n) is 13.6. The molecule has 10 heteroatoms. The van der Waals surface area contributed by atoms with Gasteiger partial charge in [0, 0.05) is 10.4 Å². The maximum absolute atomic E-state index is 13.2. The Morgan fingerprint density at radius 2 is 1.61 bits per heavy atom. The van der Waals surface area contributed by atoms with Crippen molar-refractivity contribution in [1.82, 2.24) is 9.97 Å². The van der Waals surface area contributed by atoms with E-state index >= 15 is 0 Å². The normalized spacial score (nSPS) is 13.4. The molecule has 0 aliphatic rings. The zero-order valence-corrected chi connectivity index (χ0v) is 14.4. The first-order chi connectivity index (χ1) is 13.0. The number of nitrogens with zero attached hydrogens (tertiary/aromatic N) is 3. The summed E-state index contributed by atoms with van der Waals surface area (Å²) in [5.41, 5.74) is -3.73. The molecule has 0 fully saturated rings. The SMILES string of the molecule is N#CC(c1ccc2c(C(F)(F)F)cc(C(F)(F)F)nc2n1)c1ccccc1Cl. The second-order valence-corrected chi connectivity index (χ2v) is 6.15. The monoisotopic (exact) mass is 415 g/mol. The van der Waals surface area contributed by atoms with Gasteiger partial charge in [0.05, 0.1) is 17.3 Å². The number of fused-ring (bicyclic) bond motifs is 1. The first kappa shape index (κ1) is 19.9. The van der Waals surface area contributed by atoms with Gasteiger partial charge in [-0.25, -0.2) is 9.97 Å². The van der Waals surface area contributed by atoms with Crippen LogP contribution in [0.2, 0.25) is 5.02 Å². The van der Waals surface area contributed by atoms with Crippen LogP contribution in [0.5, 0.6) is 0 Å². The fourth-order valence-corrected chi connectivity index (χ4v) is 2.91. The highest BCUT2D eigenvalue weighted by molar-refractivity contribution is 6.31. The molecule has 0 saturated heterocycles. The van der Waals surface area contributed by atoms with Crippen LogP contribution in [0.15, 0.2) is 42.5 Å². The molecule has 28 heavy (non-hydrogen) atoms. The van der Waals surface area contributed by atoms with Crippen molar-refractivity contribution < 1.29 is 26.3 Å². The van der Waals surface area contributed by atoms with Crippen molar-refractivity contribution >= 4 is 22.6 Å². The van der Waals surface area contributed by atoms with Gasteiger partial charge in [0.1, 0.15) is 11.6 Å². The fraction of sp³-hybridized carbons (Fsp3) is 0.167. The van der Waals surface area contributed by atoms with Gasteiger partial charge in [0.2, 0.25) is 0 Å². The minimum Gasteiger partial charge on any atom is -0.231 e. The summed E-state index contributed by atoms with van der Waals surface area (Å²) in [5.74, 6) is -1.09. The van der Waals surface area contributed by atoms with Gasteiger partial charge in [0.15, 0.2) is 5.65 Å². The summed E-state index contributed by atoms with van der Waals surface area (Å²) < 4.78 is 78.7. The molecule has 1 unspecified atom stereocenters. The minimum absolute atomic E-state index is 0.0560. The summed E-state index contributed by atoms with van der Waals surface area (Å²) >= 11 is 6.04. The van der Waals surface area contributed by atoms with Gasteiger partial charge in [-0.05, 0) is 29.8 Å². The molecule has 3 rings (SSSR count). The molecule has 1 atom stereocenters. The largest absolute Gasteiger partial charge is 0.433 e. The van der Waals surface area contributed by atoms with Gasteiger partial charge in [-0.2, -0.15) is 31.6 Å². The molecule has 1 aromatic carbocycles. The minimum atomic E-state index is -5.09. The van der Waals surface area contributed by atoms with Crippen molar-refractivity contribution in [3.05, 3.63) is 70.0 Å². The second-order valence-electron chi connectivity index (χ2n) is 5.74. The van der Waals surface area contributed by atoms with E-state index in [1.54, 1.807) is 12.1 Å². The van der Waals surface area contributed by atoms with E-state index in [4.69, 9.17) is 11.6 Å². The van der Waals surface area contributed by atoms with E-state index in [0.717, 1.165) is 12.1 Å². The molecule has 0 amide bonds. The van der Waals surface area contributed by atoms with Gasteiger partial charge in [-0.3, -0.25) is 0 Å². The lowest BCUT2D eigenvalue weighted by Crippen LogP contribution is -2.14. The van der Waals surface area contributed by atoms with Crippen LogP contribution in [-0.4, -0.2) is 9.97 Å². The Morgan fingerprint density at radius 3 is 2.18 bits per heavy atom. The van der Waals surface area contributed by atoms with Crippen molar-refractivity contribution in [1.29, 1.82) is 5.26 Å². The number of hydrogen-bond acceptors (Lipinski definition) is 3. The van der Waals surface area contributed by atoms with Crippen LogP contribution < -0.4 is 0 Å². The summed E-state index contributed by atoms with van der Waals surface area (Å²) in [5, 5.41) is 9.08. The number of benzene rings is 1. The molecule has 0 aliphatic heterocycles. The Hall–Kier alpha value is -2.86. The van der Waals surface area contributed by atoms with Crippen molar-refractivity contribution in [2.75, 3.05) is 0 Å². The molecule has 2 heterocycles. The molecule has 144 valence electrons. The van der Waals surface area contributed by atoms with Gasteiger partial charge in [0.25, 0.3) is 0 Å². The molecule has 3 aromatic rings. The topological polar surface area (TPSA) is 49.6 Å². The van der Waals surface area contributed by atoms with E-state index in [9.17, 15) is 31.6 Å². The van der Waals surface area contributed by atoms with E-state index in [0.29, 0.717) is 5.56 Å². The Balaban J connectivity index is 2.26. The Morgan fingerprint density at radius 1 is 0.929 bits per heavy atom. The number of alkyl halides is 6. The van der Waals surface area contributed by atoms with Crippen molar-refractivity contribution in [3.63, 3.8) is 0 Å². The fourth-order valence-electron chi connectivity index (χ4n) is 2.66. The van der Waals surface area contributed by atoms with Crippen LogP contribution in [0, 0.1) is 11.3 Å². The summed E-state index contributed by atoms with van der Waals surface area (Å²) in [7, 11) is 0. The quantitative estimate of drug-likeness (QED) is 0.484. The van der Waals surface area contributed by atoms with Crippen LogP contribution in [0.1, 0.15) is 28.4 Å². The summed E-state index contributed by atoms with van der Waals surface area (Å²) in [4.78, 5) is 7.06. The van der Waals surface area contributed by atoms with Crippen LogP contribution >= 0.6 is 11.6 Å². The predicted octanol–water partition coefficient (Wildman–Crippen LogP) is 5.98. The van der Waals surface area contributed by atoms with Crippen LogP contribution in [0.25, 0.3) is 11.0 Å². The summed E-state index contributed by atoms with van der Waals surface area (Å²) in [6, 6.07) is 10.2. The smallest absolute Gasteiger partial charge is 0.231 e. The Bertz CT molecular complexity index is 1090. The van der Waals surface area contributed by atoms with E-state index in [1.807, 2.05) is 6.07 Å². The lowest BCUT2D eigenvalue weighted by atomic mass is 9.96. The standard InChI is InChI=1S/C18H8ClF6N3/c19-13-4-2-1-3-9(13)11(8-26)14-6-5-10-12(17(20,21)22)7-15(18(23,24)25)28-16(10)27-14/h1-7,11H. The molecule has 3 nitrogen and oxygen atoms in total. The number of nitriles is 1. The Labute approximate surface area is 159 Å². The lowest BCUT2D eigenvalue weighted by molar-refractivity contribution is -0.144. The molecule has 0 aliphatic carbocycles. The highest BCUT2D eigenvalue weighted by Gasteiger charge is 2.39. The average molecular weight is 416 g/mol. The van der Waals surface area contributed by atoms with Gasteiger partial charge < -0.3 is 0 Å².